The van der Waals surface area contributed by atoms with Crippen molar-refractivity contribution in [2.75, 3.05) is 60.0 Å². The Labute approximate surface area is 333 Å². The van der Waals surface area contributed by atoms with E-state index in [0.717, 1.165) is 52.2 Å². The molecule has 2 heterocycles. The number of benzene rings is 3. The molecule has 296 valence electrons. The molecule has 4 aromatic rings. The van der Waals surface area contributed by atoms with Crippen LogP contribution in [0, 0.1) is 32.8 Å². The van der Waals surface area contributed by atoms with Gasteiger partial charge >= 0.3 is 0 Å². The van der Waals surface area contributed by atoms with Crippen molar-refractivity contribution in [1.29, 1.82) is 5.26 Å². The van der Waals surface area contributed by atoms with Gasteiger partial charge in [-0.1, -0.05) is 69.0 Å². The number of hydrogen-bond acceptors (Lipinski definition) is 10. The number of aromatic nitrogens is 2. The molecule has 0 radical (unpaired) electrons. The number of nitro groups is 1. The number of allylic oxidation sites excluding steroid dienone is 2. The van der Waals surface area contributed by atoms with Gasteiger partial charge in [0.2, 0.25) is 0 Å². The highest BCUT2D eigenvalue weighted by atomic mass is 16.6. The zero-order valence-corrected chi connectivity index (χ0v) is 32.8. The monoisotopic (exact) mass is 771 g/mol. The van der Waals surface area contributed by atoms with Crippen molar-refractivity contribution in [1.82, 2.24) is 9.78 Å². The van der Waals surface area contributed by atoms with Gasteiger partial charge in [0.25, 0.3) is 5.69 Å². The summed E-state index contributed by atoms with van der Waals surface area (Å²) in [5, 5.41) is 26.8. The Morgan fingerprint density at radius 1 is 0.947 bits per heavy atom. The van der Waals surface area contributed by atoms with Gasteiger partial charge in [0.15, 0.2) is 0 Å². The van der Waals surface area contributed by atoms with E-state index in [-0.39, 0.29) is 22.6 Å². The number of nitro benzene ring substituents is 1. The predicted octanol–water partition coefficient (Wildman–Crippen LogP) is 8.18. The number of aliphatic imine (C=N–C) groups is 1. The molecule has 0 saturated heterocycles. The number of methoxy groups -OCH3 is 1. The second kappa shape index (κ2) is 17.4. The second-order valence-electron chi connectivity index (χ2n) is 15.3. The number of nitrogens with zero attached hydrogens (tertiary/aromatic N) is 5. The second-order valence-corrected chi connectivity index (χ2v) is 15.3. The molecule has 3 aliphatic carbocycles. The number of para-hydroxylation sites is 1. The summed E-state index contributed by atoms with van der Waals surface area (Å²) in [4.78, 5) is 15.4. The van der Waals surface area contributed by atoms with Gasteiger partial charge in [-0.2, -0.15) is 10.4 Å². The minimum absolute atomic E-state index is 0.0394. The van der Waals surface area contributed by atoms with Crippen molar-refractivity contribution >= 4 is 11.9 Å². The fraction of sp³-hybridized carbons (Fsp3) is 0.400. The van der Waals surface area contributed by atoms with Crippen LogP contribution in [0.5, 0.6) is 5.75 Å². The Bertz CT molecular complexity index is 2180. The quantitative estimate of drug-likeness (QED) is 0.0399. The van der Waals surface area contributed by atoms with Crippen LogP contribution in [-0.4, -0.2) is 80.9 Å². The van der Waals surface area contributed by atoms with Crippen LogP contribution in [0.2, 0.25) is 0 Å². The molecule has 0 N–H and O–H groups in total. The lowest BCUT2D eigenvalue weighted by molar-refractivity contribution is -0.384. The van der Waals surface area contributed by atoms with Crippen LogP contribution < -0.4 is 4.74 Å². The topological polar surface area (TPSA) is 143 Å². The highest BCUT2D eigenvalue weighted by molar-refractivity contribution is 5.79. The maximum Gasteiger partial charge on any atom is 0.269 e. The zero-order chi connectivity index (χ0) is 40.0. The summed E-state index contributed by atoms with van der Waals surface area (Å²) >= 11 is 0. The van der Waals surface area contributed by atoms with Gasteiger partial charge in [-0.15, -0.1) is 0 Å². The zero-order valence-electron chi connectivity index (χ0n) is 32.8. The Morgan fingerprint density at radius 2 is 1.61 bits per heavy atom. The van der Waals surface area contributed by atoms with Crippen LogP contribution in [0.15, 0.2) is 96.2 Å². The van der Waals surface area contributed by atoms with E-state index in [4.69, 9.17) is 28.8 Å². The van der Waals surface area contributed by atoms with Gasteiger partial charge in [-0.05, 0) is 41.9 Å². The van der Waals surface area contributed by atoms with Crippen molar-refractivity contribution in [2.24, 2.45) is 16.3 Å². The summed E-state index contributed by atoms with van der Waals surface area (Å²) in [6, 6.07) is 23.3. The van der Waals surface area contributed by atoms with E-state index < -0.39 is 5.41 Å². The smallest absolute Gasteiger partial charge is 0.269 e. The van der Waals surface area contributed by atoms with Crippen molar-refractivity contribution in [3.63, 3.8) is 0 Å². The van der Waals surface area contributed by atoms with Gasteiger partial charge in [0.1, 0.15) is 12.4 Å². The molecule has 12 heteroatoms. The minimum atomic E-state index is -0.827. The molecule has 2 bridgehead atoms. The Hall–Kier alpha value is -5.45. The summed E-state index contributed by atoms with van der Waals surface area (Å²) in [5.74, 6) is 1.58. The maximum absolute atomic E-state index is 11.5. The van der Waals surface area contributed by atoms with Crippen LogP contribution in [0.3, 0.4) is 0 Å². The number of non-ortho nitro benzene ring substituents is 1. The molecular weight excluding hydrogens is 723 g/mol. The standard InChI is InChI=1S/C45H49N5O7/c1-31(30-46)45(16-18-47-19-17-45)39-7-5-6-37(43(39)57-27-26-56-25-24-55-23-22-54-21-20-53-4)32-8-10-33(11-9-32)42-38-28-34-29-40(44(34,2)3)41(38)48-49(42)35-12-14-36(15-13-35)50(51)52/h5-16,18-19,34,40H,1,17,20-29H2,2-4H3. The van der Waals surface area contributed by atoms with Crippen molar-refractivity contribution < 1.29 is 28.6 Å². The lowest BCUT2D eigenvalue weighted by Gasteiger charge is -2.55. The fourth-order valence-electron chi connectivity index (χ4n) is 8.37. The van der Waals surface area contributed by atoms with Crippen LogP contribution in [-0.2, 0) is 30.8 Å². The first-order valence-corrected chi connectivity index (χ1v) is 19.4. The molecule has 12 nitrogen and oxygen atoms in total. The molecule has 4 aliphatic rings. The molecule has 0 amide bonds. The summed E-state index contributed by atoms with van der Waals surface area (Å²) in [5.41, 5.74) is 7.56. The van der Waals surface area contributed by atoms with Gasteiger partial charge in [-0.25, -0.2) is 4.68 Å². The van der Waals surface area contributed by atoms with E-state index in [1.54, 1.807) is 31.7 Å². The number of hydrogen-bond donors (Lipinski definition) is 0. The average Bonchev–Trinajstić information content (AvgIpc) is 3.64. The van der Waals surface area contributed by atoms with Gasteiger partial charge in [-0.3, -0.25) is 15.1 Å². The fourth-order valence-corrected chi connectivity index (χ4v) is 8.37. The highest BCUT2D eigenvalue weighted by Gasteiger charge is 2.55. The maximum atomic E-state index is 11.5. The van der Waals surface area contributed by atoms with E-state index in [9.17, 15) is 15.4 Å². The molecule has 0 spiro atoms. The normalized spacial score (nSPS) is 20.0. The van der Waals surface area contributed by atoms with Gasteiger partial charge in [0.05, 0.1) is 79.7 Å². The first-order valence-electron chi connectivity index (χ1n) is 19.4. The average molecular weight is 772 g/mol. The molecule has 1 aliphatic heterocycles. The Morgan fingerprint density at radius 3 is 2.23 bits per heavy atom. The molecule has 3 unspecified atom stereocenters. The van der Waals surface area contributed by atoms with Crippen molar-refractivity contribution in [3.8, 4) is 39.9 Å². The molecule has 3 atom stereocenters. The third kappa shape index (κ3) is 7.93. The third-order valence-electron chi connectivity index (χ3n) is 11.8. The van der Waals surface area contributed by atoms with E-state index in [1.807, 2.05) is 29.0 Å². The highest BCUT2D eigenvalue weighted by Crippen LogP contribution is 2.63. The molecule has 1 fully saturated rings. The number of rotatable bonds is 19. The van der Waals surface area contributed by atoms with Crippen LogP contribution >= 0.6 is 0 Å². The summed E-state index contributed by atoms with van der Waals surface area (Å²) < 4.78 is 30.5. The lowest BCUT2D eigenvalue weighted by Crippen LogP contribution is -2.48. The number of nitriles is 1. The summed E-state index contributed by atoms with van der Waals surface area (Å²) in [7, 11) is 1.64. The van der Waals surface area contributed by atoms with E-state index in [1.165, 1.54) is 17.7 Å². The largest absolute Gasteiger partial charge is 0.490 e. The number of ether oxygens (including phenoxy) is 5. The van der Waals surface area contributed by atoms with Crippen LogP contribution in [0.25, 0.3) is 28.1 Å². The summed E-state index contributed by atoms with van der Waals surface area (Å²) in [6.45, 7) is 12.3. The van der Waals surface area contributed by atoms with Crippen LogP contribution in [0.1, 0.15) is 49.4 Å². The van der Waals surface area contributed by atoms with Gasteiger partial charge < -0.3 is 23.7 Å². The molecule has 57 heavy (non-hydrogen) atoms. The lowest BCUT2D eigenvalue weighted by atomic mass is 9.48. The van der Waals surface area contributed by atoms with Crippen molar-refractivity contribution in [3.05, 3.63) is 118 Å². The minimum Gasteiger partial charge on any atom is -0.490 e. The Balaban J connectivity index is 1.17. The molecular formula is C45H49N5O7. The SMILES string of the molecule is C=C(C#N)C1(c2cccc(-c3ccc(-c4c5c(nn4-c4ccc([N+](=O)[O-])cc4)C4CC(C5)C4(C)C)cc3)c2OCCOCCOCCOCCOC)C=CN=CC1. The summed E-state index contributed by atoms with van der Waals surface area (Å²) in [6.07, 6.45) is 7.97. The van der Waals surface area contributed by atoms with E-state index in [0.29, 0.717) is 75.8 Å². The molecule has 1 aromatic heterocycles. The Kier molecular flexibility index (Phi) is 12.1. The predicted molar refractivity (Wildman–Crippen MR) is 218 cm³/mol. The van der Waals surface area contributed by atoms with Crippen molar-refractivity contribution in [2.45, 2.75) is 44.4 Å². The van der Waals surface area contributed by atoms with Crippen LogP contribution in [0.4, 0.5) is 5.69 Å². The molecule has 1 saturated carbocycles. The molecule has 8 rings (SSSR count). The first kappa shape index (κ1) is 39.8. The van der Waals surface area contributed by atoms with Gasteiger partial charge in [0, 0.05) is 71.8 Å². The third-order valence-corrected chi connectivity index (χ3v) is 11.8. The molecule has 3 aromatic carbocycles. The van der Waals surface area contributed by atoms with E-state index >= 15 is 0 Å². The first-order chi connectivity index (χ1) is 27.7. The van der Waals surface area contributed by atoms with E-state index in [2.05, 4.69) is 55.8 Å².